The van der Waals surface area contributed by atoms with E-state index in [0.717, 1.165) is 10.2 Å². The van der Waals surface area contributed by atoms with Gasteiger partial charge in [0.25, 0.3) is 5.91 Å². The van der Waals surface area contributed by atoms with E-state index in [2.05, 4.69) is 10.4 Å². The van der Waals surface area contributed by atoms with Crippen LogP contribution in [0.5, 0.6) is 0 Å². The van der Waals surface area contributed by atoms with Gasteiger partial charge in [0.15, 0.2) is 6.04 Å². The van der Waals surface area contributed by atoms with E-state index in [-0.39, 0.29) is 37.5 Å². The Kier molecular flexibility index (Phi) is 6.22. The fourth-order valence-corrected chi connectivity index (χ4v) is 4.21. The van der Waals surface area contributed by atoms with E-state index < -0.39 is 30.3 Å². The zero-order chi connectivity index (χ0) is 23.8. The number of hydrogen-bond donors (Lipinski definition) is 1. The number of aryl methyl sites for hydroxylation is 1. The Labute approximate surface area is 189 Å². The minimum Gasteiger partial charge on any atom is -0.450 e. The van der Waals surface area contributed by atoms with Crippen LogP contribution >= 0.6 is 0 Å². The van der Waals surface area contributed by atoms with Gasteiger partial charge in [-0.05, 0) is 19.4 Å². The van der Waals surface area contributed by atoms with Crippen molar-refractivity contribution in [1.29, 1.82) is 0 Å². The normalized spacial score (nSPS) is 20.8. The minimum atomic E-state index is -4.52. The summed E-state index contributed by atoms with van der Waals surface area (Å²) in [6.45, 7) is 4.97. The molecule has 0 saturated carbocycles. The van der Waals surface area contributed by atoms with Crippen LogP contribution in [0.25, 0.3) is 0 Å². The van der Waals surface area contributed by atoms with Gasteiger partial charge in [0.2, 0.25) is 0 Å². The molecular weight excluding hydrogens is 439 g/mol. The summed E-state index contributed by atoms with van der Waals surface area (Å²) in [6.07, 6.45) is -3.99. The molecule has 1 fully saturated rings. The number of halogens is 3. The largest absolute Gasteiger partial charge is 0.450 e. The number of benzene rings is 1. The van der Waals surface area contributed by atoms with E-state index in [1.54, 1.807) is 19.1 Å². The van der Waals surface area contributed by atoms with Gasteiger partial charge in [0.1, 0.15) is 11.4 Å². The minimum absolute atomic E-state index is 0.0620. The molecule has 4 rings (SSSR count). The molecule has 2 aliphatic heterocycles. The Morgan fingerprint density at radius 3 is 2.36 bits per heavy atom. The molecule has 2 aliphatic rings. The van der Waals surface area contributed by atoms with Gasteiger partial charge in [0, 0.05) is 32.6 Å². The predicted molar refractivity (Wildman–Crippen MR) is 114 cm³/mol. The van der Waals surface area contributed by atoms with Crippen LogP contribution in [0.2, 0.25) is 0 Å². The molecule has 2 atom stereocenters. The molecule has 1 aromatic heterocycles. The first kappa shape index (κ1) is 22.9. The van der Waals surface area contributed by atoms with Crippen LogP contribution in [0.15, 0.2) is 30.5 Å². The van der Waals surface area contributed by atoms with Gasteiger partial charge >= 0.3 is 12.3 Å². The van der Waals surface area contributed by atoms with E-state index in [9.17, 15) is 22.8 Å². The lowest BCUT2D eigenvalue weighted by atomic mass is 9.96. The fraction of sp³-hybridized carbons (Fsp3) is 0.500. The van der Waals surface area contributed by atoms with Crippen molar-refractivity contribution < 1.29 is 27.5 Å². The van der Waals surface area contributed by atoms with Gasteiger partial charge in [-0.3, -0.25) is 4.79 Å². The van der Waals surface area contributed by atoms with Crippen molar-refractivity contribution in [3.8, 4) is 0 Å². The maximum Gasteiger partial charge on any atom is 0.410 e. The average Bonchev–Trinajstić information content (AvgIpc) is 3.22. The maximum atomic E-state index is 13.9. The van der Waals surface area contributed by atoms with E-state index in [4.69, 9.17) is 4.74 Å². The highest BCUT2D eigenvalue weighted by Crippen LogP contribution is 2.44. The van der Waals surface area contributed by atoms with Crippen LogP contribution in [-0.2, 0) is 4.74 Å². The number of carbonyl (C=O) groups is 2. The molecule has 1 saturated heterocycles. The topological polar surface area (TPSA) is 79.7 Å². The summed E-state index contributed by atoms with van der Waals surface area (Å²) in [5, 5.41) is 7.05. The predicted octanol–water partition coefficient (Wildman–Crippen LogP) is 3.77. The quantitative estimate of drug-likeness (QED) is 0.747. The second kappa shape index (κ2) is 8.95. The Bertz CT molecular complexity index is 1010. The molecule has 0 spiro atoms. The van der Waals surface area contributed by atoms with Crippen molar-refractivity contribution >= 4 is 17.8 Å². The fourth-order valence-electron chi connectivity index (χ4n) is 4.21. The summed E-state index contributed by atoms with van der Waals surface area (Å²) < 4.78 is 47.5. The smallest absolute Gasteiger partial charge is 0.410 e. The first-order valence-electron chi connectivity index (χ1n) is 10.9. The molecule has 0 bridgehead atoms. The highest BCUT2D eigenvalue weighted by Gasteiger charge is 2.47. The van der Waals surface area contributed by atoms with Gasteiger partial charge in [0.05, 0.1) is 18.8 Å². The second-order valence-corrected chi connectivity index (χ2v) is 8.23. The van der Waals surface area contributed by atoms with Crippen LogP contribution in [0.4, 0.5) is 23.8 Å². The third kappa shape index (κ3) is 4.62. The van der Waals surface area contributed by atoms with E-state index >= 15 is 0 Å². The third-order valence-corrected chi connectivity index (χ3v) is 6.04. The molecule has 2 aromatic rings. The van der Waals surface area contributed by atoms with E-state index in [1.807, 2.05) is 19.1 Å². The molecule has 33 heavy (non-hydrogen) atoms. The van der Waals surface area contributed by atoms with E-state index in [1.165, 1.54) is 16.0 Å². The number of piperazine rings is 1. The van der Waals surface area contributed by atoms with Crippen LogP contribution < -0.4 is 5.32 Å². The van der Waals surface area contributed by atoms with Crippen molar-refractivity contribution in [3.63, 3.8) is 0 Å². The Hall–Kier alpha value is -3.24. The molecule has 1 aromatic carbocycles. The van der Waals surface area contributed by atoms with Crippen LogP contribution in [0.1, 0.15) is 46.9 Å². The van der Waals surface area contributed by atoms with Crippen molar-refractivity contribution in [1.82, 2.24) is 19.6 Å². The van der Waals surface area contributed by atoms with Gasteiger partial charge in [-0.1, -0.05) is 29.8 Å². The Balaban J connectivity index is 1.57. The number of nitrogens with zero attached hydrogens (tertiary/aromatic N) is 4. The van der Waals surface area contributed by atoms with Gasteiger partial charge in [-0.2, -0.15) is 18.3 Å². The van der Waals surface area contributed by atoms with Gasteiger partial charge in [-0.25, -0.2) is 9.48 Å². The monoisotopic (exact) mass is 465 g/mol. The van der Waals surface area contributed by atoms with E-state index in [0.29, 0.717) is 18.7 Å². The lowest BCUT2D eigenvalue weighted by Crippen LogP contribution is -2.50. The molecule has 11 heteroatoms. The number of anilines is 1. The molecule has 0 aliphatic carbocycles. The summed E-state index contributed by atoms with van der Waals surface area (Å²) in [6, 6.07) is 4.82. The standard InChI is InChI=1S/C22H26F3N5O3/c1-3-33-21(32)29-10-8-28(9-11-29)20(31)16-13-26-30-18(22(23,24)25)12-17(27-19(16)30)15-6-4-14(2)5-7-15/h4-7,13,17-18,27H,3,8-12H2,1-2H3/t17-,18+/m0/s1. The highest BCUT2D eigenvalue weighted by molar-refractivity contribution is 5.99. The summed E-state index contributed by atoms with van der Waals surface area (Å²) in [7, 11) is 0. The van der Waals surface area contributed by atoms with Crippen LogP contribution in [0.3, 0.4) is 0 Å². The van der Waals surface area contributed by atoms with Crippen molar-refractivity contribution in [3.05, 3.63) is 47.2 Å². The Morgan fingerprint density at radius 2 is 1.76 bits per heavy atom. The number of aromatic nitrogens is 2. The molecule has 178 valence electrons. The summed E-state index contributed by atoms with van der Waals surface area (Å²) in [5.74, 6) is -0.357. The number of ether oxygens (including phenoxy) is 1. The summed E-state index contributed by atoms with van der Waals surface area (Å²) in [5.41, 5.74) is 1.80. The maximum absolute atomic E-state index is 13.9. The number of alkyl halides is 3. The molecule has 3 heterocycles. The van der Waals surface area contributed by atoms with Crippen LogP contribution in [-0.4, -0.2) is 70.5 Å². The van der Waals surface area contributed by atoms with Crippen molar-refractivity contribution in [2.45, 2.75) is 38.5 Å². The molecule has 8 nitrogen and oxygen atoms in total. The zero-order valence-corrected chi connectivity index (χ0v) is 18.4. The summed E-state index contributed by atoms with van der Waals surface area (Å²) >= 11 is 0. The number of amides is 2. The first-order chi connectivity index (χ1) is 15.7. The molecule has 0 radical (unpaired) electrons. The highest BCUT2D eigenvalue weighted by atomic mass is 19.4. The number of fused-ring (bicyclic) bond motifs is 1. The molecule has 2 amide bonds. The van der Waals surface area contributed by atoms with Crippen molar-refractivity contribution in [2.75, 3.05) is 38.1 Å². The number of nitrogens with one attached hydrogen (secondary N) is 1. The summed E-state index contributed by atoms with van der Waals surface area (Å²) in [4.78, 5) is 28.1. The lowest BCUT2D eigenvalue weighted by Gasteiger charge is -2.36. The average molecular weight is 465 g/mol. The van der Waals surface area contributed by atoms with Gasteiger partial charge in [-0.15, -0.1) is 0 Å². The molecule has 0 unspecified atom stereocenters. The van der Waals surface area contributed by atoms with Crippen LogP contribution in [0, 0.1) is 6.92 Å². The second-order valence-electron chi connectivity index (χ2n) is 8.23. The number of hydrogen-bond acceptors (Lipinski definition) is 5. The molecular formula is C22H26F3N5O3. The van der Waals surface area contributed by atoms with Gasteiger partial charge < -0.3 is 19.9 Å². The third-order valence-electron chi connectivity index (χ3n) is 6.04. The number of carbonyl (C=O) groups excluding carboxylic acids is 2. The van der Waals surface area contributed by atoms with Crippen molar-refractivity contribution in [2.24, 2.45) is 0 Å². The number of rotatable bonds is 3. The first-order valence-corrected chi connectivity index (χ1v) is 10.9. The SMILES string of the molecule is CCOC(=O)N1CCN(C(=O)c2cnn3c2N[C@H](c2ccc(C)cc2)C[C@@H]3C(F)(F)F)CC1. The zero-order valence-electron chi connectivity index (χ0n) is 18.4. The lowest BCUT2D eigenvalue weighted by molar-refractivity contribution is -0.173. The molecule has 1 N–H and O–H groups in total. The Morgan fingerprint density at radius 1 is 1.12 bits per heavy atom.